The molecule has 72 valence electrons. The maximum atomic E-state index is 10.2. The van der Waals surface area contributed by atoms with Crippen LogP contribution in [-0.4, -0.2) is 46.5 Å². The van der Waals surface area contributed by atoms with Gasteiger partial charge in [0.15, 0.2) is 0 Å². The summed E-state index contributed by atoms with van der Waals surface area (Å²) in [5, 5.41) is 26.7. The molecule has 0 fully saturated rings. The molecule has 0 aromatic carbocycles. The summed E-state index contributed by atoms with van der Waals surface area (Å²) >= 11 is 0. The Bertz CT molecular complexity index is 141. The quantitative estimate of drug-likeness (QED) is 0.359. The molecule has 5 nitrogen and oxygen atoms in total. The van der Waals surface area contributed by atoms with Crippen molar-refractivity contribution in [3.05, 3.63) is 0 Å². The molecule has 0 amide bonds. The van der Waals surface area contributed by atoms with Crippen molar-refractivity contribution in [3.63, 3.8) is 0 Å². The predicted molar refractivity (Wildman–Crippen MR) is 42.3 cm³/mol. The highest BCUT2D eigenvalue weighted by Crippen LogP contribution is 2.09. The van der Waals surface area contributed by atoms with Gasteiger partial charge >= 0.3 is 0 Å². The highest BCUT2D eigenvalue weighted by atomic mass is 16.4. The van der Waals surface area contributed by atoms with Crippen molar-refractivity contribution in [3.8, 4) is 0 Å². The first-order valence-corrected chi connectivity index (χ1v) is 3.72. The fraction of sp³-hybridized carbons (Fsp3) is 0.857. The zero-order valence-electron chi connectivity index (χ0n) is 6.92. The van der Waals surface area contributed by atoms with E-state index < -0.39 is 30.8 Å². The number of rotatable bonds is 5. The van der Waals surface area contributed by atoms with Crippen molar-refractivity contribution >= 4 is 6.29 Å². The van der Waals surface area contributed by atoms with E-state index in [0.29, 0.717) is 6.29 Å². The molecule has 0 aliphatic rings. The van der Waals surface area contributed by atoms with Crippen LogP contribution >= 0.6 is 0 Å². The molecular weight excluding hydrogens is 162 g/mol. The Kier molecular flexibility index (Phi) is 5.00. The van der Waals surface area contributed by atoms with E-state index in [1.54, 1.807) is 0 Å². The molecule has 0 saturated carbocycles. The maximum absolute atomic E-state index is 10.2. The smallest absolute Gasteiger partial charge is 0.137 e. The second kappa shape index (κ2) is 5.21. The Morgan fingerprint density at radius 2 is 2.00 bits per heavy atom. The van der Waals surface area contributed by atoms with E-state index in [-0.39, 0.29) is 0 Å². The van der Waals surface area contributed by atoms with Crippen LogP contribution in [0.2, 0.25) is 0 Å². The molecule has 0 radical (unpaired) electrons. The van der Waals surface area contributed by atoms with Gasteiger partial charge in [0.25, 0.3) is 0 Å². The zero-order valence-corrected chi connectivity index (χ0v) is 6.92. The van der Waals surface area contributed by atoms with Gasteiger partial charge in [-0.2, -0.15) is 0 Å². The average Bonchev–Trinajstić information content (AvgIpc) is 2.12. The summed E-state index contributed by atoms with van der Waals surface area (Å²) in [7, 11) is 0. The maximum Gasteiger partial charge on any atom is 0.137 e. The van der Waals surface area contributed by atoms with Gasteiger partial charge in [0, 0.05) is 5.92 Å². The number of aliphatic hydroxyl groups is 3. The predicted octanol–water partition coefficient (Wildman–Crippen LogP) is -2.14. The van der Waals surface area contributed by atoms with Crippen LogP contribution in [0, 0.1) is 5.92 Å². The third-order valence-electron chi connectivity index (χ3n) is 1.88. The SMILES string of the molecule is C[C@@H]([C@H](O)[C@H](O)CO)[C@@H](N)C=O. The number of nitrogens with two attached hydrogens (primary N) is 1. The molecule has 0 heterocycles. The van der Waals surface area contributed by atoms with Crippen LogP contribution in [0.15, 0.2) is 0 Å². The topological polar surface area (TPSA) is 104 Å². The van der Waals surface area contributed by atoms with Gasteiger partial charge in [-0.15, -0.1) is 0 Å². The van der Waals surface area contributed by atoms with Crippen molar-refractivity contribution in [1.82, 2.24) is 0 Å². The molecular formula is C7H15NO4. The number of carbonyl (C=O) groups excluding carboxylic acids is 1. The molecule has 0 bridgehead atoms. The largest absolute Gasteiger partial charge is 0.394 e. The Balaban J connectivity index is 4.07. The summed E-state index contributed by atoms with van der Waals surface area (Å²) in [5.41, 5.74) is 5.29. The van der Waals surface area contributed by atoms with Gasteiger partial charge in [0.1, 0.15) is 12.4 Å². The number of aldehydes is 1. The van der Waals surface area contributed by atoms with E-state index in [0.717, 1.165) is 0 Å². The number of carbonyl (C=O) groups is 1. The van der Waals surface area contributed by atoms with E-state index >= 15 is 0 Å². The van der Waals surface area contributed by atoms with Crippen LogP contribution in [0.1, 0.15) is 6.92 Å². The molecule has 0 unspecified atom stereocenters. The monoisotopic (exact) mass is 177 g/mol. The van der Waals surface area contributed by atoms with Crippen molar-refractivity contribution in [1.29, 1.82) is 0 Å². The molecule has 0 rings (SSSR count). The fourth-order valence-electron chi connectivity index (χ4n) is 0.810. The van der Waals surface area contributed by atoms with E-state index in [4.69, 9.17) is 15.9 Å². The highest BCUT2D eigenvalue weighted by Gasteiger charge is 2.26. The third kappa shape index (κ3) is 2.86. The molecule has 0 aromatic heterocycles. The summed E-state index contributed by atoms with van der Waals surface area (Å²) in [6.45, 7) is 0.986. The molecule has 12 heavy (non-hydrogen) atoms. The van der Waals surface area contributed by atoms with Gasteiger partial charge < -0.3 is 25.8 Å². The Morgan fingerprint density at radius 1 is 1.50 bits per heavy atom. The van der Waals surface area contributed by atoms with Gasteiger partial charge in [-0.3, -0.25) is 0 Å². The fourth-order valence-corrected chi connectivity index (χ4v) is 0.810. The van der Waals surface area contributed by atoms with Gasteiger partial charge in [-0.25, -0.2) is 0 Å². The lowest BCUT2D eigenvalue weighted by Gasteiger charge is -2.24. The van der Waals surface area contributed by atoms with Gasteiger partial charge in [0.05, 0.1) is 18.8 Å². The van der Waals surface area contributed by atoms with Crippen molar-refractivity contribution in [2.75, 3.05) is 6.61 Å². The minimum Gasteiger partial charge on any atom is -0.394 e. The number of aliphatic hydroxyl groups excluding tert-OH is 3. The lowest BCUT2D eigenvalue weighted by molar-refractivity contribution is -0.112. The summed E-state index contributed by atoms with van der Waals surface area (Å²) in [6, 6.07) is -0.818. The highest BCUT2D eigenvalue weighted by molar-refractivity contribution is 5.57. The Labute approximate surface area is 70.8 Å². The third-order valence-corrected chi connectivity index (χ3v) is 1.88. The van der Waals surface area contributed by atoms with E-state index in [2.05, 4.69) is 0 Å². The molecule has 0 saturated heterocycles. The van der Waals surface area contributed by atoms with E-state index in [1.807, 2.05) is 0 Å². The van der Waals surface area contributed by atoms with Crippen molar-refractivity contribution in [2.24, 2.45) is 11.7 Å². The van der Waals surface area contributed by atoms with E-state index in [9.17, 15) is 9.90 Å². The summed E-state index contributed by atoms with van der Waals surface area (Å²) in [6.07, 6.45) is -1.92. The molecule has 0 spiro atoms. The van der Waals surface area contributed by atoms with Gasteiger partial charge in [-0.05, 0) is 0 Å². The molecule has 0 aliphatic heterocycles. The lowest BCUT2D eigenvalue weighted by atomic mass is 9.94. The lowest BCUT2D eigenvalue weighted by Crippen LogP contribution is -2.44. The summed E-state index contributed by atoms with van der Waals surface area (Å²) in [4.78, 5) is 10.2. The van der Waals surface area contributed by atoms with Crippen molar-refractivity contribution in [2.45, 2.75) is 25.2 Å². The van der Waals surface area contributed by atoms with Gasteiger partial charge in [-0.1, -0.05) is 6.92 Å². The molecule has 0 aliphatic carbocycles. The average molecular weight is 177 g/mol. The first kappa shape index (κ1) is 11.5. The van der Waals surface area contributed by atoms with Crippen LogP contribution in [0.5, 0.6) is 0 Å². The van der Waals surface area contributed by atoms with Gasteiger partial charge in [0.2, 0.25) is 0 Å². The Hall–Kier alpha value is -0.490. The minimum absolute atomic E-state index is 0.498. The summed E-state index contributed by atoms with van der Waals surface area (Å²) < 4.78 is 0. The first-order chi connectivity index (χ1) is 5.54. The standard InChI is InChI=1S/C7H15NO4/c1-4(5(8)2-9)7(12)6(11)3-10/h2,4-7,10-12H,3,8H2,1H3/t4-,5+,6-,7+/m1/s1. The van der Waals surface area contributed by atoms with E-state index in [1.165, 1.54) is 6.92 Å². The summed E-state index contributed by atoms with van der Waals surface area (Å²) in [5.74, 6) is -0.565. The van der Waals surface area contributed by atoms with Crippen LogP contribution < -0.4 is 5.73 Å². The molecule has 5 heteroatoms. The molecule has 4 atom stereocenters. The molecule has 5 N–H and O–H groups in total. The molecule has 0 aromatic rings. The first-order valence-electron chi connectivity index (χ1n) is 3.72. The number of hydrogen-bond donors (Lipinski definition) is 4. The second-order valence-corrected chi connectivity index (χ2v) is 2.81. The zero-order chi connectivity index (χ0) is 9.72. The van der Waals surface area contributed by atoms with Crippen LogP contribution in [-0.2, 0) is 4.79 Å². The Morgan fingerprint density at radius 3 is 2.33 bits per heavy atom. The minimum atomic E-state index is -1.24. The van der Waals surface area contributed by atoms with Crippen molar-refractivity contribution < 1.29 is 20.1 Å². The van der Waals surface area contributed by atoms with Crippen LogP contribution in [0.25, 0.3) is 0 Å². The number of hydrogen-bond acceptors (Lipinski definition) is 5. The normalized spacial score (nSPS) is 21.1. The van der Waals surface area contributed by atoms with Crippen LogP contribution in [0.4, 0.5) is 0 Å². The van der Waals surface area contributed by atoms with Crippen LogP contribution in [0.3, 0.4) is 0 Å². The second-order valence-electron chi connectivity index (χ2n) is 2.81.